The standard InChI is InChI=1S/C23H24O2/c1-19(18-20-10-4-2-5-11-20)24-16-17-25-23-15-9-8-14-22(23)21-12-6-3-7-13-21/h2-15,19H,16-18H2,1H3. The summed E-state index contributed by atoms with van der Waals surface area (Å²) in [6, 6.07) is 28.9. The lowest BCUT2D eigenvalue weighted by atomic mass is 10.1. The highest BCUT2D eigenvalue weighted by molar-refractivity contribution is 5.70. The van der Waals surface area contributed by atoms with E-state index >= 15 is 0 Å². The van der Waals surface area contributed by atoms with Gasteiger partial charge in [-0.25, -0.2) is 0 Å². The molecular formula is C23H24O2. The van der Waals surface area contributed by atoms with Gasteiger partial charge in [-0.3, -0.25) is 0 Å². The molecule has 0 fully saturated rings. The number of hydrogen-bond acceptors (Lipinski definition) is 2. The first-order chi connectivity index (χ1) is 12.3. The van der Waals surface area contributed by atoms with Gasteiger partial charge in [-0.2, -0.15) is 0 Å². The topological polar surface area (TPSA) is 18.5 Å². The normalized spacial score (nSPS) is 11.9. The zero-order chi connectivity index (χ0) is 17.3. The van der Waals surface area contributed by atoms with Crippen molar-refractivity contribution < 1.29 is 9.47 Å². The highest BCUT2D eigenvalue weighted by Crippen LogP contribution is 2.29. The lowest BCUT2D eigenvalue weighted by Crippen LogP contribution is -2.16. The molecule has 1 unspecified atom stereocenters. The molecule has 1 atom stereocenters. The maximum Gasteiger partial charge on any atom is 0.127 e. The molecule has 0 aliphatic carbocycles. The average Bonchev–Trinajstić information content (AvgIpc) is 2.67. The van der Waals surface area contributed by atoms with Crippen molar-refractivity contribution >= 4 is 0 Å². The predicted octanol–water partition coefficient (Wildman–Crippen LogP) is 5.38. The van der Waals surface area contributed by atoms with Gasteiger partial charge in [0.25, 0.3) is 0 Å². The summed E-state index contributed by atoms with van der Waals surface area (Å²) in [4.78, 5) is 0. The minimum Gasteiger partial charge on any atom is -0.491 e. The third-order valence-electron chi connectivity index (χ3n) is 4.08. The smallest absolute Gasteiger partial charge is 0.127 e. The molecule has 3 aromatic rings. The Kier molecular flexibility index (Phi) is 6.24. The summed E-state index contributed by atoms with van der Waals surface area (Å²) in [5, 5.41) is 0. The second-order valence-corrected chi connectivity index (χ2v) is 6.08. The predicted molar refractivity (Wildman–Crippen MR) is 103 cm³/mol. The first-order valence-corrected chi connectivity index (χ1v) is 8.76. The molecular weight excluding hydrogens is 308 g/mol. The zero-order valence-corrected chi connectivity index (χ0v) is 14.6. The minimum atomic E-state index is 0.176. The summed E-state index contributed by atoms with van der Waals surface area (Å²) in [7, 11) is 0. The van der Waals surface area contributed by atoms with Gasteiger partial charge in [0.2, 0.25) is 0 Å². The molecule has 25 heavy (non-hydrogen) atoms. The Labute approximate surface area is 150 Å². The Balaban J connectivity index is 1.50. The van der Waals surface area contributed by atoms with Gasteiger partial charge >= 0.3 is 0 Å². The van der Waals surface area contributed by atoms with E-state index in [0.717, 1.165) is 23.3 Å². The third-order valence-corrected chi connectivity index (χ3v) is 4.08. The van der Waals surface area contributed by atoms with Crippen LogP contribution in [0.2, 0.25) is 0 Å². The molecule has 0 aliphatic heterocycles. The third kappa shape index (κ3) is 5.20. The quantitative estimate of drug-likeness (QED) is 0.516. The van der Waals surface area contributed by atoms with Crippen LogP contribution in [0.25, 0.3) is 11.1 Å². The fourth-order valence-corrected chi connectivity index (χ4v) is 2.85. The lowest BCUT2D eigenvalue weighted by molar-refractivity contribution is 0.0451. The van der Waals surface area contributed by atoms with Crippen molar-refractivity contribution in [2.75, 3.05) is 13.2 Å². The van der Waals surface area contributed by atoms with Gasteiger partial charge in [-0.1, -0.05) is 78.9 Å². The van der Waals surface area contributed by atoms with Crippen LogP contribution in [0.5, 0.6) is 5.75 Å². The molecule has 0 aliphatic rings. The number of rotatable bonds is 8. The van der Waals surface area contributed by atoms with E-state index in [1.807, 2.05) is 42.5 Å². The summed E-state index contributed by atoms with van der Waals surface area (Å²) >= 11 is 0. The summed E-state index contributed by atoms with van der Waals surface area (Å²) in [5.74, 6) is 0.896. The monoisotopic (exact) mass is 332 g/mol. The molecule has 2 nitrogen and oxygen atoms in total. The molecule has 0 amide bonds. The second-order valence-electron chi connectivity index (χ2n) is 6.08. The first kappa shape index (κ1) is 17.2. The van der Waals surface area contributed by atoms with Crippen molar-refractivity contribution in [3.63, 3.8) is 0 Å². The van der Waals surface area contributed by atoms with Gasteiger partial charge in [0, 0.05) is 5.56 Å². The van der Waals surface area contributed by atoms with Crippen molar-refractivity contribution in [2.45, 2.75) is 19.4 Å². The van der Waals surface area contributed by atoms with Gasteiger partial charge in [-0.15, -0.1) is 0 Å². The van der Waals surface area contributed by atoms with E-state index in [1.165, 1.54) is 5.56 Å². The summed E-state index contributed by atoms with van der Waals surface area (Å²) < 4.78 is 11.9. The largest absolute Gasteiger partial charge is 0.491 e. The molecule has 0 aromatic heterocycles. The Hall–Kier alpha value is -2.58. The van der Waals surface area contributed by atoms with Crippen LogP contribution in [0.1, 0.15) is 12.5 Å². The van der Waals surface area contributed by atoms with Crippen LogP contribution < -0.4 is 4.74 Å². The molecule has 128 valence electrons. The number of benzene rings is 3. The van der Waals surface area contributed by atoms with E-state index < -0.39 is 0 Å². The lowest BCUT2D eigenvalue weighted by Gasteiger charge is -2.15. The van der Waals surface area contributed by atoms with E-state index in [4.69, 9.17) is 9.47 Å². The second kappa shape index (κ2) is 9.05. The number of ether oxygens (including phenoxy) is 2. The Morgan fingerprint density at radius 2 is 1.36 bits per heavy atom. The van der Waals surface area contributed by atoms with Gasteiger partial charge in [-0.05, 0) is 30.5 Å². The number of para-hydroxylation sites is 1. The SMILES string of the molecule is CC(Cc1ccccc1)OCCOc1ccccc1-c1ccccc1. The van der Waals surface area contributed by atoms with Crippen LogP contribution in [-0.4, -0.2) is 19.3 Å². The highest BCUT2D eigenvalue weighted by atomic mass is 16.5. The molecule has 0 N–H and O–H groups in total. The van der Waals surface area contributed by atoms with Gasteiger partial charge in [0.1, 0.15) is 12.4 Å². The number of hydrogen-bond donors (Lipinski definition) is 0. The van der Waals surface area contributed by atoms with E-state index in [-0.39, 0.29) is 6.10 Å². The van der Waals surface area contributed by atoms with Crippen LogP contribution in [0.3, 0.4) is 0 Å². The van der Waals surface area contributed by atoms with Crippen molar-refractivity contribution in [3.8, 4) is 16.9 Å². The molecule has 2 heteroatoms. The molecule has 0 spiro atoms. The van der Waals surface area contributed by atoms with E-state index in [1.54, 1.807) is 0 Å². The molecule has 0 saturated carbocycles. The summed E-state index contributed by atoms with van der Waals surface area (Å²) in [6.07, 6.45) is 1.09. The zero-order valence-electron chi connectivity index (χ0n) is 14.6. The van der Waals surface area contributed by atoms with Gasteiger partial charge < -0.3 is 9.47 Å². The van der Waals surface area contributed by atoms with Crippen LogP contribution in [0.4, 0.5) is 0 Å². The van der Waals surface area contributed by atoms with Gasteiger partial charge in [0.15, 0.2) is 0 Å². The van der Waals surface area contributed by atoms with E-state index in [0.29, 0.717) is 13.2 Å². The van der Waals surface area contributed by atoms with Crippen LogP contribution in [0, 0.1) is 0 Å². The van der Waals surface area contributed by atoms with Crippen LogP contribution in [-0.2, 0) is 11.2 Å². The van der Waals surface area contributed by atoms with Crippen molar-refractivity contribution in [1.29, 1.82) is 0 Å². The van der Waals surface area contributed by atoms with Crippen molar-refractivity contribution in [1.82, 2.24) is 0 Å². The Morgan fingerprint density at radius 1 is 0.720 bits per heavy atom. The van der Waals surface area contributed by atoms with E-state index in [2.05, 4.69) is 49.4 Å². The average molecular weight is 332 g/mol. The van der Waals surface area contributed by atoms with Gasteiger partial charge in [0.05, 0.1) is 12.7 Å². The first-order valence-electron chi connectivity index (χ1n) is 8.76. The molecule has 0 bridgehead atoms. The Bertz CT molecular complexity index is 753. The van der Waals surface area contributed by atoms with E-state index in [9.17, 15) is 0 Å². The fourth-order valence-electron chi connectivity index (χ4n) is 2.85. The van der Waals surface area contributed by atoms with Crippen LogP contribution in [0.15, 0.2) is 84.9 Å². The Morgan fingerprint density at radius 3 is 2.12 bits per heavy atom. The summed E-state index contributed by atoms with van der Waals surface area (Å²) in [6.45, 7) is 3.23. The highest BCUT2D eigenvalue weighted by Gasteiger charge is 2.07. The minimum absolute atomic E-state index is 0.176. The maximum absolute atomic E-state index is 5.97. The van der Waals surface area contributed by atoms with Crippen molar-refractivity contribution in [3.05, 3.63) is 90.5 Å². The molecule has 0 saturated heterocycles. The molecule has 3 aromatic carbocycles. The maximum atomic E-state index is 5.97. The molecule has 0 heterocycles. The molecule has 0 radical (unpaired) electrons. The molecule has 3 rings (SSSR count). The van der Waals surface area contributed by atoms with Crippen molar-refractivity contribution in [2.24, 2.45) is 0 Å². The fraction of sp³-hybridized carbons (Fsp3) is 0.217. The van der Waals surface area contributed by atoms with Crippen LogP contribution >= 0.6 is 0 Å². The summed E-state index contributed by atoms with van der Waals surface area (Å²) in [5.41, 5.74) is 3.57.